The third kappa shape index (κ3) is 14.7. The molecule has 2 atom stereocenters. The van der Waals surface area contributed by atoms with Gasteiger partial charge in [0, 0.05) is 5.56 Å². The van der Waals surface area contributed by atoms with E-state index in [0.29, 0.717) is 5.75 Å². The van der Waals surface area contributed by atoms with Crippen molar-refractivity contribution < 1.29 is 19.3 Å². The number of allylic oxidation sites excluding steroid dienone is 12. The number of hydrogen-bond donors (Lipinski definition) is 1. The minimum absolute atomic E-state index is 0.163. The number of rotatable bonds is 20. The summed E-state index contributed by atoms with van der Waals surface area (Å²) in [6.07, 6.45) is 30.8. The normalized spacial score (nSPS) is 19.8. The molecule has 4 rings (SSSR count). The first-order valence-electron chi connectivity index (χ1n) is 22.4. The van der Waals surface area contributed by atoms with Crippen LogP contribution in [0, 0.1) is 13.8 Å². The summed E-state index contributed by atoms with van der Waals surface area (Å²) < 4.78 is 20.2. The number of fused-ring (bicyclic) bond motifs is 2. The second-order valence-corrected chi connectivity index (χ2v) is 18.8. The lowest BCUT2D eigenvalue weighted by Crippen LogP contribution is -2.36. The van der Waals surface area contributed by atoms with E-state index in [9.17, 15) is 5.11 Å². The lowest BCUT2D eigenvalue weighted by atomic mass is 9.87. The van der Waals surface area contributed by atoms with Crippen LogP contribution in [0.4, 0.5) is 0 Å². The molecule has 0 amide bonds. The van der Waals surface area contributed by atoms with E-state index in [4.69, 9.17) is 14.2 Å². The first-order valence-corrected chi connectivity index (χ1v) is 22.4. The molecular formula is C54H78O4. The highest BCUT2D eigenvalue weighted by Crippen LogP contribution is 2.49. The molecule has 0 bridgehead atoms. The van der Waals surface area contributed by atoms with Gasteiger partial charge in [-0.05, 0) is 221 Å². The smallest absolute Gasteiger partial charge is 0.175 e. The fourth-order valence-electron chi connectivity index (χ4n) is 8.30. The van der Waals surface area contributed by atoms with E-state index < -0.39 is 0 Å². The second kappa shape index (κ2) is 21.9. The van der Waals surface area contributed by atoms with E-state index in [2.05, 4.69) is 125 Å². The van der Waals surface area contributed by atoms with E-state index in [1.807, 2.05) is 6.92 Å². The van der Waals surface area contributed by atoms with Crippen LogP contribution in [-0.4, -0.2) is 16.3 Å². The molecule has 4 heteroatoms. The van der Waals surface area contributed by atoms with Crippen molar-refractivity contribution in [3.05, 3.63) is 110 Å². The molecule has 4 nitrogen and oxygen atoms in total. The van der Waals surface area contributed by atoms with Gasteiger partial charge in [-0.15, -0.1) is 0 Å². The minimum Gasteiger partial charge on any atom is -0.504 e. The molecule has 0 radical (unpaired) electrons. The van der Waals surface area contributed by atoms with Gasteiger partial charge in [-0.2, -0.15) is 0 Å². The van der Waals surface area contributed by atoms with Gasteiger partial charge in [-0.3, -0.25) is 0 Å². The molecule has 1 N–H and O–H groups in total. The molecule has 2 aliphatic rings. The molecule has 0 aromatic heterocycles. The van der Waals surface area contributed by atoms with Gasteiger partial charge in [0.05, 0.1) is 0 Å². The topological polar surface area (TPSA) is 47.9 Å². The first kappa shape index (κ1) is 46.8. The van der Waals surface area contributed by atoms with Crippen LogP contribution in [0.25, 0.3) is 0 Å². The maximum absolute atomic E-state index is 11.2. The van der Waals surface area contributed by atoms with E-state index in [0.717, 1.165) is 137 Å². The maximum atomic E-state index is 11.2. The Kier molecular flexibility index (Phi) is 17.7. The second-order valence-electron chi connectivity index (χ2n) is 18.8. The summed E-state index contributed by atoms with van der Waals surface area (Å²) in [7, 11) is 0. The average Bonchev–Trinajstić information content (AvgIpc) is 3.13. The van der Waals surface area contributed by atoms with Crippen molar-refractivity contribution in [2.45, 2.75) is 197 Å². The molecule has 2 aromatic carbocycles. The van der Waals surface area contributed by atoms with Crippen LogP contribution in [0.5, 0.6) is 28.7 Å². The molecular weight excluding hydrogens is 713 g/mol. The summed E-state index contributed by atoms with van der Waals surface area (Å²) in [5.74, 6) is 3.25. The summed E-state index contributed by atoms with van der Waals surface area (Å²) in [6, 6.07) is 5.96. The number of hydrogen-bond acceptors (Lipinski definition) is 4. The number of aromatic hydroxyl groups is 1. The SMILES string of the molecule is CC(C)=CCCC(C)=CCCC(C)=CCCC1(C)CCc2cc(Oc3c(O)cc(C)c4c3CCC(C)(CCC=C(C)CCC=C(C)CCC=C(C)C)O4)cc(C)c2O1. The maximum Gasteiger partial charge on any atom is 0.175 e. The van der Waals surface area contributed by atoms with E-state index >= 15 is 0 Å². The molecule has 2 aliphatic heterocycles. The van der Waals surface area contributed by atoms with Crippen molar-refractivity contribution in [1.29, 1.82) is 0 Å². The van der Waals surface area contributed by atoms with Gasteiger partial charge in [0.2, 0.25) is 0 Å². The van der Waals surface area contributed by atoms with Crippen molar-refractivity contribution in [2.24, 2.45) is 0 Å². The van der Waals surface area contributed by atoms with Gasteiger partial charge < -0.3 is 19.3 Å². The summed E-state index contributed by atoms with van der Waals surface area (Å²) in [5.41, 5.74) is 12.3. The Labute approximate surface area is 354 Å². The van der Waals surface area contributed by atoms with Crippen LogP contribution in [0.2, 0.25) is 0 Å². The highest BCUT2D eigenvalue weighted by Gasteiger charge is 2.36. The van der Waals surface area contributed by atoms with Gasteiger partial charge in [0.25, 0.3) is 0 Å². The quantitative estimate of drug-likeness (QED) is 0.136. The standard InChI is InChI=1S/C54H78O4/c1-38(2)19-13-21-40(5)23-15-25-42(7)27-17-31-53(11)33-29-46-37-47(35-44(9)50(46)57-53)56-52-48-30-34-54(12,58-51(48)45(10)36-49(52)55)32-18-28-43(8)26-16-24-41(6)22-14-20-39(3)4/h19-20,23-24,27-28,35-37,55H,13-18,21-22,25-26,29-34H2,1-12H3. The minimum atomic E-state index is -0.271. The lowest BCUT2D eigenvalue weighted by Gasteiger charge is -2.38. The summed E-state index contributed by atoms with van der Waals surface area (Å²) >= 11 is 0. The van der Waals surface area contributed by atoms with Gasteiger partial charge >= 0.3 is 0 Å². The molecule has 58 heavy (non-hydrogen) atoms. The fraction of sp³-hybridized carbons (Fsp3) is 0.556. The Hall–Kier alpha value is -3.92. The zero-order chi connectivity index (χ0) is 42.5. The Morgan fingerprint density at radius 1 is 0.586 bits per heavy atom. The number of ether oxygens (including phenoxy) is 3. The number of benzene rings is 2. The van der Waals surface area contributed by atoms with Crippen LogP contribution in [0.3, 0.4) is 0 Å². The third-order valence-corrected chi connectivity index (χ3v) is 12.1. The molecule has 2 aromatic rings. The van der Waals surface area contributed by atoms with Crippen molar-refractivity contribution in [3.8, 4) is 28.7 Å². The molecule has 0 spiro atoms. The zero-order valence-corrected chi connectivity index (χ0v) is 38.7. The predicted octanol–water partition coefficient (Wildman–Crippen LogP) is 16.4. The van der Waals surface area contributed by atoms with Crippen LogP contribution < -0.4 is 14.2 Å². The van der Waals surface area contributed by atoms with Crippen LogP contribution in [0.15, 0.2) is 88.1 Å². The van der Waals surface area contributed by atoms with E-state index in [1.165, 1.54) is 39.0 Å². The number of phenols is 1. The molecule has 318 valence electrons. The fourth-order valence-corrected chi connectivity index (χ4v) is 8.30. The highest BCUT2D eigenvalue weighted by molar-refractivity contribution is 5.60. The van der Waals surface area contributed by atoms with Crippen LogP contribution in [-0.2, 0) is 12.8 Å². The van der Waals surface area contributed by atoms with Gasteiger partial charge in [0.1, 0.15) is 28.5 Å². The Morgan fingerprint density at radius 3 is 1.52 bits per heavy atom. The summed E-state index contributed by atoms with van der Waals surface area (Å²) in [4.78, 5) is 0. The third-order valence-electron chi connectivity index (χ3n) is 12.1. The van der Waals surface area contributed by atoms with Crippen molar-refractivity contribution in [2.75, 3.05) is 0 Å². The van der Waals surface area contributed by atoms with E-state index in [1.54, 1.807) is 6.07 Å². The zero-order valence-electron chi connectivity index (χ0n) is 38.7. The van der Waals surface area contributed by atoms with Crippen molar-refractivity contribution in [3.63, 3.8) is 0 Å². The molecule has 0 aliphatic carbocycles. The number of aryl methyl sites for hydroxylation is 3. The molecule has 2 heterocycles. The van der Waals surface area contributed by atoms with Crippen molar-refractivity contribution in [1.82, 2.24) is 0 Å². The van der Waals surface area contributed by atoms with Gasteiger partial charge in [0.15, 0.2) is 11.5 Å². The molecule has 0 fully saturated rings. The summed E-state index contributed by atoms with van der Waals surface area (Å²) in [6.45, 7) is 26.3. The molecule has 0 saturated carbocycles. The predicted molar refractivity (Wildman–Crippen MR) is 248 cm³/mol. The van der Waals surface area contributed by atoms with Crippen LogP contribution in [0.1, 0.15) is 181 Å². The lowest BCUT2D eigenvalue weighted by molar-refractivity contribution is 0.0550. The number of phenolic OH excluding ortho intramolecular Hbond substituents is 1. The summed E-state index contributed by atoms with van der Waals surface area (Å²) in [5, 5.41) is 11.2. The van der Waals surface area contributed by atoms with Crippen molar-refractivity contribution >= 4 is 0 Å². The average molecular weight is 791 g/mol. The Morgan fingerprint density at radius 2 is 1.02 bits per heavy atom. The molecule has 2 unspecified atom stereocenters. The largest absolute Gasteiger partial charge is 0.504 e. The Bertz CT molecular complexity index is 1890. The van der Waals surface area contributed by atoms with Gasteiger partial charge in [-0.1, -0.05) is 69.9 Å². The van der Waals surface area contributed by atoms with Gasteiger partial charge in [-0.25, -0.2) is 0 Å². The van der Waals surface area contributed by atoms with E-state index in [-0.39, 0.29) is 17.0 Å². The molecule has 0 saturated heterocycles. The Balaban J connectivity index is 1.33. The van der Waals surface area contributed by atoms with Crippen LogP contribution >= 0.6 is 0 Å². The monoisotopic (exact) mass is 791 g/mol. The highest BCUT2D eigenvalue weighted by atomic mass is 16.5. The first-order chi connectivity index (χ1) is 27.5.